The van der Waals surface area contributed by atoms with E-state index in [1.165, 1.54) is 18.2 Å². The maximum absolute atomic E-state index is 14.7. The number of benzene rings is 1. The molecule has 2 unspecified atom stereocenters. The Morgan fingerprint density at radius 3 is 2.48 bits per heavy atom. The predicted octanol–water partition coefficient (Wildman–Crippen LogP) is 2.80. The lowest BCUT2D eigenvalue weighted by Gasteiger charge is -2.23. The van der Waals surface area contributed by atoms with Crippen molar-refractivity contribution in [3.63, 3.8) is 0 Å². The standard InChI is InChI=1S/C22H23FN6O2/c1-12-7-13(2)25-22(24-12)29-10-15-8-28(9-16(15)11-29)21(30)17-5-4-6-18(23)19(17)20-26-14(3)27-31-20/h4-7,15-16H,8-11H2,1-3H3/i1D3,2D3,7D. The second kappa shape index (κ2) is 7.40. The Morgan fingerprint density at radius 1 is 1.16 bits per heavy atom. The number of aromatic nitrogens is 4. The van der Waals surface area contributed by atoms with Gasteiger partial charge in [-0.3, -0.25) is 4.79 Å². The molecule has 0 N–H and O–H groups in total. The maximum atomic E-state index is 14.7. The van der Waals surface area contributed by atoms with E-state index in [0.29, 0.717) is 32.0 Å². The van der Waals surface area contributed by atoms with E-state index >= 15 is 0 Å². The summed E-state index contributed by atoms with van der Waals surface area (Å²) in [7, 11) is 0. The van der Waals surface area contributed by atoms with Gasteiger partial charge in [-0.2, -0.15) is 4.98 Å². The molecule has 2 aromatic heterocycles. The van der Waals surface area contributed by atoms with Crippen LogP contribution in [-0.4, -0.2) is 57.1 Å². The normalized spacial score (nSPS) is 24.5. The Balaban J connectivity index is 1.38. The van der Waals surface area contributed by atoms with Crippen LogP contribution in [0.5, 0.6) is 0 Å². The zero-order valence-electron chi connectivity index (χ0n) is 23.6. The van der Waals surface area contributed by atoms with Crippen molar-refractivity contribution in [2.75, 3.05) is 31.1 Å². The second-order valence-corrected chi connectivity index (χ2v) is 7.79. The highest BCUT2D eigenvalue weighted by atomic mass is 19.1. The summed E-state index contributed by atoms with van der Waals surface area (Å²) in [5, 5.41) is 3.69. The summed E-state index contributed by atoms with van der Waals surface area (Å²) in [4.78, 5) is 28.9. The number of carbonyl (C=O) groups is 1. The third-order valence-electron chi connectivity index (χ3n) is 5.70. The molecule has 0 radical (unpaired) electrons. The van der Waals surface area contributed by atoms with E-state index < -0.39 is 37.0 Å². The number of nitrogens with zero attached hydrogens (tertiary/aromatic N) is 6. The maximum Gasteiger partial charge on any atom is 0.261 e. The monoisotopic (exact) mass is 429 g/mol. The van der Waals surface area contributed by atoms with Gasteiger partial charge >= 0.3 is 0 Å². The summed E-state index contributed by atoms with van der Waals surface area (Å²) in [5.41, 5.74) is -1.19. The van der Waals surface area contributed by atoms with Gasteiger partial charge in [0.15, 0.2) is 5.82 Å². The average molecular weight is 430 g/mol. The van der Waals surface area contributed by atoms with Crippen LogP contribution in [-0.2, 0) is 0 Å². The van der Waals surface area contributed by atoms with Gasteiger partial charge in [0.05, 0.1) is 12.5 Å². The number of aryl methyl sites for hydroxylation is 3. The number of halogens is 1. The summed E-state index contributed by atoms with van der Waals surface area (Å²) >= 11 is 0. The molecule has 2 aliphatic heterocycles. The Morgan fingerprint density at radius 2 is 1.87 bits per heavy atom. The third kappa shape index (κ3) is 3.54. The highest BCUT2D eigenvalue weighted by Gasteiger charge is 2.43. The van der Waals surface area contributed by atoms with Crippen molar-refractivity contribution in [1.82, 2.24) is 25.0 Å². The fourth-order valence-electron chi connectivity index (χ4n) is 4.35. The molecule has 1 aromatic carbocycles. The molecule has 0 saturated carbocycles. The Bertz CT molecular complexity index is 1360. The first-order valence-electron chi connectivity index (χ1n) is 13.3. The molecular formula is C22H23FN6O2. The van der Waals surface area contributed by atoms with E-state index in [4.69, 9.17) is 14.1 Å². The van der Waals surface area contributed by atoms with Crippen LogP contribution in [0.4, 0.5) is 10.3 Å². The number of amides is 1. The molecule has 160 valence electrons. The van der Waals surface area contributed by atoms with Gasteiger partial charge in [-0.1, -0.05) is 11.2 Å². The lowest BCUT2D eigenvalue weighted by atomic mass is 10.0. The van der Waals surface area contributed by atoms with Crippen LogP contribution in [0, 0.1) is 38.3 Å². The molecule has 2 fully saturated rings. The smallest absolute Gasteiger partial charge is 0.261 e. The fraction of sp³-hybridized carbons (Fsp3) is 0.409. The molecule has 5 rings (SSSR count). The topological polar surface area (TPSA) is 88.3 Å². The first-order chi connectivity index (χ1) is 17.7. The molecule has 1 amide bonds. The van der Waals surface area contributed by atoms with E-state index in [1.54, 1.807) is 16.7 Å². The van der Waals surface area contributed by atoms with Crippen molar-refractivity contribution >= 4 is 11.9 Å². The molecule has 0 bridgehead atoms. The van der Waals surface area contributed by atoms with Crippen LogP contribution in [0.15, 0.2) is 28.8 Å². The number of rotatable bonds is 3. The second-order valence-electron chi connectivity index (χ2n) is 7.79. The van der Waals surface area contributed by atoms with Gasteiger partial charge in [0.25, 0.3) is 11.8 Å². The van der Waals surface area contributed by atoms with Crippen molar-refractivity contribution < 1.29 is 23.3 Å². The molecule has 31 heavy (non-hydrogen) atoms. The van der Waals surface area contributed by atoms with E-state index in [-0.39, 0.29) is 40.7 Å². The molecule has 2 atom stereocenters. The largest absolute Gasteiger partial charge is 0.340 e. The summed E-state index contributed by atoms with van der Waals surface area (Å²) in [6.45, 7) is -2.59. The summed E-state index contributed by atoms with van der Waals surface area (Å²) < 4.78 is 74.0. The first kappa shape index (κ1) is 13.1. The van der Waals surface area contributed by atoms with Gasteiger partial charge in [-0.05, 0) is 38.8 Å². The molecule has 0 spiro atoms. The number of hydrogen-bond donors (Lipinski definition) is 0. The lowest BCUT2D eigenvalue weighted by Crippen LogP contribution is -2.34. The van der Waals surface area contributed by atoms with Crippen LogP contribution < -0.4 is 4.90 Å². The highest BCUT2D eigenvalue weighted by molar-refractivity contribution is 6.00. The molecule has 8 nitrogen and oxygen atoms in total. The zero-order chi connectivity index (χ0) is 27.6. The van der Waals surface area contributed by atoms with Crippen molar-refractivity contribution in [2.24, 2.45) is 11.8 Å². The molecule has 2 saturated heterocycles. The SMILES string of the molecule is [2H]c1c(C([2H])([2H])[2H])nc(N2CC3CN(C(=O)c4cccc(F)c4-c4nc(C)no4)CC3C2)nc1C([2H])([2H])[2H]. The average Bonchev–Trinajstić information content (AvgIpc) is 3.52. The minimum atomic E-state index is -2.78. The number of fused-ring (bicyclic) bond motifs is 1. The minimum absolute atomic E-state index is 0.0340. The van der Waals surface area contributed by atoms with Gasteiger partial charge in [0.1, 0.15) is 5.82 Å². The Kier molecular flexibility index (Phi) is 3.14. The Hall–Kier alpha value is -3.36. The fourth-order valence-corrected chi connectivity index (χ4v) is 4.35. The molecule has 2 aliphatic rings. The van der Waals surface area contributed by atoms with Gasteiger partial charge in [0, 0.05) is 57.6 Å². The van der Waals surface area contributed by atoms with Gasteiger partial charge in [-0.15, -0.1) is 0 Å². The lowest BCUT2D eigenvalue weighted by molar-refractivity contribution is 0.0782. The Labute approximate surface area is 188 Å². The van der Waals surface area contributed by atoms with Crippen LogP contribution in [0.1, 0.15) is 37.2 Å². The number of likely N-dealkylation sites (tertiary alicyclic amines) is 1. The van der Waals surface area contributed by atoms with Crippen molar-refractivity contribution in [3.8, 4) is 11.5 Å². The molecule has 4 heterocycles. The minimum Gasteiger partial charge on any atom is -0.340 e. The summed E-state index contributed by atoms with van der Waals surface area (Å²) in [5.74, 6) is -0.956. The third-order valence-corrected chi connectivity index (χ3v) is 5.70. The van der Waals surface area contributed by atoms with E-state index in [9.17, 15) is 9.18 Å². The van der Waals surface area contributed by atoms with E-state index in [1.807, 2.05) is 0 Å². The van der Waals surface area contributed by atoms with Crippen molar-refractivity contribution in [1.29, 1.82) is 0 Å². The van der Waals surface area contributed by atoms with Gasteiger partial charge in [0.2, 0.25) is 5.95 Å². The predicted molar refractivity (Wildman–Crippen MR) is 111 cm³/mol. The van der Waals surface area contributed by atoms with E-state index in [2.05, 4.69) is 20.1 Å². The van der Waals surface area contributed by atoms with Crippen LogP contribution in [0.2, 0.25) is 0 Å². The highest BCUT2D eigenvalue weighted by Crippen LogP contribution is 2.35. The summed E-state index contributed by atoms with van der Waals surface area (Å²) in [6.07, 6.45) is 0. The summed E-state index contributed by atoms with van der Waals surface area (Å²) in [6, 6.07) is 3.44. The molecule has 9 heteroatoms. The first-order valence-corrected chi connectivity index (χ1v) is 9.77. The van der Waals surface area contributed by atoms with Crippen LogP contribution in [0.3, 0.4) is 0 Å². The van der Waals surface area contributed by atoms with Crippen molar-refractivity contribution in [3.05, 3.63) is 52.8 Å². The molecule has 3 aromatic rings. The van der Waals surface area contributed by atoms with Crippen LogP contribution in [0.25, 0.3) is 11.5 Å². The molecule has 0 aliphatic carbocycles. The van der Waals surface area contributed by atoms with Gasteiger partial charge < -0.3 is 14.3 Å². The number of anilines is 1. The van der Waals surface area contributed by atoms with E-state index in [0.717, 1.165) is 0 Å². The van der Waals surface area contributed by atoms with Gasteiger partial charge in [-0.25, -0.2) is 14.4 Å². The quantitative estimate of drug-likeness (QED) is 0.633. The zero-order valence-corrected chi connectivity index (χ0v) is 16.6. The molecular weight excluding hydrogens is 399 g/mol. The number of hydrogen-bond acceptors (Lipinski definition) is 7. The van der Waals surface area contributed by atoms with Crippen molar-refractivity contribution in [2.45, 2.75) is 20.6 Å². The number of carbonyl (C=O) groups excluding carboxylic acids is 1. The van der Waals surface area contributed by atoms with Crippen LogP contribution >= 0.6 is 0 Å².